The van der Waals surface area contributed by atoms with Crippen LogP contribution >= 0.6 is 0 Å². The van der Waals surface area contributed by atoms with Crippen LogP contribution in [0.25, 0.3) is 0 Å². The number of nitrogens with one attached hydrogen (secondary N) is 1. The van der Waals surface area contributed by atoms with Gasteiger partial charge >= 0.3 is 0 Å². The van der Waals surface area contributed by atoms with Gasteiger partial charge in [0.2, 0.25) is 0 Å². The lowest BCUT2D eigenvalue weighted by atomic mass is 10.0. The maximum Gasteiger partial charge on any atom is 0.274 e. The topological polar surface area (TPSA) is 58.1 Å². The van der Waals surface area contributed by atoms with Crippen molar-refractivity contribution in [3.8, 4) is 0 Å². The van der Waals surface area contributed by atoms with Crippen molar-refractivity contribution in [1.82, 2.24) is 14.9 Å². The number of carbonyl (C=O) groups is 1. The Hall–Kier alpha value is -1.65. The highest BCUT2D eigenvalue weighted by Crippen LogP contribution is 2.18. The highest BCUT2D eigenvalue weighted by molar-refractivity contribution is 5.92. The minimum absolute atomic E-state index is 0.00161. The third-order valence-corrected chi connectivity index (χ3v) is 3.49. The van der Waals surface area contributed by atoms with Crippen LogP contribution in [0, 0.1) is 0 Å². The molecule has 0 bridgehead atoms. The molecule has 1 unspecified atom stereocenters. The lowest BCUT2D eigenvalue weighted by Crippen LogP contribution is -2.42. The van der Waals surface area contributed by atoms with E-state index >= 15 is 0 Å². The van der Waals surface area contributed by atoms with Crippen LogP contribution in [0.5, 0.6) is 0 Å². The molecular weight excluding hydrogens is 240 g/mol. The SMILES string of the molecule is CCCNc1cnc(C(=O)N2CCCCC2C)cn1. The van der Waals surface area contributed by atoms with Crippen LogP contribution in [0.2, 0.25) is 0 Å². The summed E-state index contributed by atoms with van der Waals surface area (Å²) in [7, 11) is 0. The van der Waals surface area contributed by atoms with Crippen LogP contribution in [0.4, 0.5) is 5.82 Å². The van der Waals surface area contributed by atoms with Crippen LogP contribution in [-0.4, -0.2) is 39.9 Å². The Morgan fingerprint density at radius 1 is 1.42 bits per heavy atom. The van der Waals surface area contributed by atoms with Gasteiger partial charge in [-0.15, -0.1) is 0 Å². The summed E-state index contributed by atoms with van der Waals surface area (Å²) < 4.78 is 0. The molecule has 1 fully saturated rings. The second-order valence-corrected chi connectivity index (χ2v) is 5.06. The van der Waals surface area contributed by atoms with E-state index in [0.29, 0.717) is 11.7 Å². The van der Waals surface area contributed by atoms with Gasteiger partial charge in [-0.25, -0.2) is 9.97 Å². The zero-order valence-corrected chi connectivity index (χ0v) is 11.7. The fourth-order valence-electron chi connectivity index (χ4n) is 2.33. The van der Waals surface area contributed by atoms with Gasteiger partial charge in [0, 0.05) is 19.1 Å². The van der Waals surface area contributed by atoms with Gasteiger partial charge in [-0.05, 0) is 32.6 Å². The fraction of sp³-hybridized carbons (Fsp3) is 0.643. The fourth-order valence-corrected chi connectivity index (χ4v) is 2.33. The molecule has 5 heteroatoms. The molecule has 1 aromatic heterocycles. The Kier molecular flexibility index (Phi) is 4.71. The molecule has 1 atom stereocenters. The average molecular weight is 262 g/mol. The molecule has 1 saturated heterocycles. The maximum absolute atomic E-state index is 12.3. The van der Waals surface area contributed by atoms with Crippen molar-refractivity contribution < 1.29 is 4.79 Å². The van der Waals surface area contributed by atoms with Gasteiger partial charge in [0.15, 0.2) is 0 Å². The maximum atomic E-state index is 12.3. The molecule has 2 heterocycles. The van der Waals surface area contributed by atoms with Gasteiger partial charge in [-0.2, -0.15) is 0 Å². The van der Waals surface area contributed by atoms with E-state index in [4.69, 9.17) is 0 Å². The summed E-state index contributed by atoms with van der Waals surface area (Å²) in [5.74, 6) is 0.729. The first-order chi connectivity index (χ1) is 9.22. The molecule has 5 nitrogen and oxygen atoms in total. The van der Waals surface area contributed by atoms with Gasteiger partial charge < -0.3 is 10.2 Å². The van der Waals surface area contributed by atoms with Crippen molar-refractivity contribution in [2.75, 3.05) is 18.4 Å². The first-order valence-electron chi connectivity index (χ1n) is 7.09. The standard InChI is InChI=1S/C14H22N4O/c1-3-7-15-13-10-16-12(9-17-13)14(19)18-8-5-4-6-11(18)2/h9-11H,3-8H2,1-2H3,(H,15,17). The first kappa shape index (κ1) is 13.8. The molecular formula is C14H22N4O. The zero-order chi connectivity index (χ0) is 13.7. The lowest BCUT2D eigenvalue weighted by molar-refractivity contribution is 0.0629. The molecule has 1 aliphatic rings. The first-order valence-corrected chi connectivity index (χ1v) is 7.09. The van der Waals surface area contributed by atoms with Crippen molar-refractivity contribution in [3.63, 3.8) is 0 Å². The van der Waals surface area contributed by atoms with Crippen LogP contribution in [0.1, 0.15) is 50.0 Å². The minimum Gasteiger partial charge on any atom is -0.369 e. The van der Waals surface area contributed by atoms with Gasteiger partial charge in [0.25, 0.3) is 5.91 Å². The van der Waals surface area contributed by atoms with E-state index in [2.05, 4.69) is 29.1 Å². The summed E-state index contributed by atoms with van der Waals surface area (Å²) in [6, 6.07) is 0.306. The molecule has 104 valence electrons. The van der Waals surface area contributed by atoms with Crippen LogP contribution in [0.15, 0.2) is 12.4 Å². The van der Waals surface area contributed by atoms with Crippen molar-refractivity contribution in [2.45, 2.75) is 45.6 Å². The number of hydrogen-bond donors (Lipinski definition) is 1. The molecule has 0 aromatic carbocycles. The Labute approximate surface area is 114 Å². The molecule has 1 aliphatic heterocycles. The van der Waals surface area contributed by atoms with E-state index in [1.165, 1.54) is 6.42 Å². The normalized spacial score (nSPS) is 19.3. The molecule has 1 N–H and O–H groups in total. The molecule has 19 heavy (non-hydrogen) atoms. The zero-order valence-electron chi connectivity index (χ0n) is 11.7. The highest BCUT2D eigenvalue weighted by Gasteiger charge is 2.25. The lowest BCUT2D eigenvalue weighted by Gasteiger charge is -2.33. The molecule has 0 saturated carbocycles. The molecule has 0 radical (unpaired) electrons. The molecule has 1 amide bonds. The quantitative estimate of drug-likeness (QED) is 0.904. The number of likely N-dealkylation sites (tertiary alicyclic amines) is 1. The molecule has 0 aliphatic carbocycles. The Morgan fingerprint density at radius 2 is 2.26 bits per heavy atom. The van der Waals surface area contributed by atoms with Crippen LogP contribution in [0.3, 0.4) is 0 Å². The van der Waals surface area contributed by atoms with Crippen LogP contribution in [-0.2, 0) is 0 Å². The third kappa shape index (κ3) is 3.43. The van der Waals surface area contributed by atoms with E-state index in [9.17, 15) is 4.79 Å². The number of hydrogen-bond acceptors (Lipinski definition) is 4. The van der Waals surface area contributed by atoms with Crippen molar-refractivity contribution >= 4 is 11.7 Å². The summed E-state index contributed by atoms with van der Waals surface area (Å²) in [6.45, 7) is 5.89. The summed E-state index contributed by atoms with van der Waals surface area (Å²) in [5, 5.41) is 3.15. The largest absolute Gasteiger partial charge is 0.369 e. The van der Waals surface area contributed by atoms with Crippen molar-refractivity contribution in [2.24, 2.45) is 0 Å². The van der Waals surface area contributed by atoms with E-state index in [1.54, 1.807) is 12.4 Å². The number of rotatable bonds is 4. The number of anilines is 1. The van der Waals surface area contributed by atoms with Gasteiger partial charge in [-0.1, -0.05) is 6.92 Å². The second kappa shape index (κ2) is 6.50. The number of piperidine rings is 1. The van der Waals surface area contributed by atoms with Gasteiger partial charge in [0.1, 0.15) is 11.5 Å². The molecule has 0 spiro atoms. The number of carbonyl (C=O) groups excluding carboxylic acids is 1. The predicted molar refractivity (Wildman–Crippen MR) is 75.2 cm³/mol. The Bertz CT molecular complexity index is 418. The van der Waals surface area contributed by atoms with E-state index < -0.39 is 0 Å². The van der Waals surface area contributed by atoms with Gasteiger partial charge in [0.05, 0.1) is 12.4 Å². The summed E-state index contributed by atoms with van der Waals surface area (Å²) in [5.41, 5.74) is 0.441. The smallest absolute Gasteiger partial charge is 0.274 e. The minimum atomic E-state index is 0.00161. The van der Waals surface area contributed by atoms with Crippen molar-refractivity contribution in [1.29, 1.82) is 0 Å². The van der Waals surface area contributed by atoms with Crippen LogP contribution < -0.4 is 5.32 Å². The number of nitrogens with zero attached hydrogens (tertiary/aromatic N) is 3. The number of amides is 1. The van der Waals surface area contributed by atoms with E-state index in [1.807, 2.05) is 4.90 Å². The second-order valence-electron chi connectivity index (χ2n) is 5.06. The highest BCUT2D eigenvalue weighted by atomic mass is 16.2. The average Bonchev–Trinajstić information content (AvgIpc) is 2.45. The van der Waals surface area contributed by atoms with E-state index in [0.717, 1.165) is 38.2 Å². The third-order valence-electron chi connectivity index (χ3n) is 3.49. The van der Waals surface area contributed by atoms with Gasteiger partial charge in [-0.3, -0.25) is 4.79 Å². The molecule has 2 rings (SSSR count). The van der Waals surface area contributed by atoms with Crippen molar-refractivity contribution in [3.05, 3.63) is 18.1 Å². The van der Waals surface area contributed by atoms with E-state index in [-0.39, 0.29) is 5.91 Å². The summed E-state index contributed by atoms with van der Waals surface area (Å²) in [6.07, 6.45) is 7.61. The Morgan fingerprint density at radius 3 is 2.89 bits per heavy atom. The predicted octanol–water partition coefficient (Wildman–Crippen LogP) is 2.31. The summed E-state index contributed by atoms with van der Waals surface area (Å²) in [4.78, 5) is 22.7. The summed E-state index contributed by atoms with van der Waals surface area (Å²) >= 11 is 0. The Balaban J connectivity index is 2.02. The number of aromatic nitrogens is 2. The molecule has 1 aromatic rings. The monoisotopic (exact) mass is 262 g/mol.